The maximum Gasteiger partial charge on any atom is 0.258 e. The number of carbonyl (C=O) groups is 1. The maximum absolute atomic E-state index is 13.8. The molecule has 0 aliphatic carbocycles. The summed E-state index contributed by atoms with van der Waals surface area (Å²) in [5, 5.41) is 10.3. The highest BCUT2D eigenvalue weighted by Crippen LogP contribution is 2.35. The SMILES string of the molecule is C=CCN1C[C@H](C)N([C@@H](c2cccc(O)c2)c2cccc(C(=O)N(c3ccccc3)C(C)C)c2)C[C@H]1C. The molecule has 0 bridgehead atoms. The monoisotopic (exact) mass is 497 g/mol. The predicted molar refractivity (Wildman–Crippen MR) is 152 cm³/mol. The third kappa shape index (κ3) is 5.95. The van der Waals surface area contributed by atoms with Crippen LogP contribution in [-0.2, 0) is 0 Å². The van der Waals surface area contributed by atoms with Gasteiger partial charge in [0.2, 0.25) is 0 Å². The summed E-state index contributed by atoms with van der Waals surface area (Å²) in [7, 11) is 0. The van der Waals surface area contributed by atoms with E-state index in [-0.39, 0.29) is 29.8 Å². The highest BCUT2D eigenvalue weighted by molar-refractivity contribution is 6.06. The Morgan fingerprint density at radius 2 is 1.65 bits per heavy atom. The number of benzene rings is 3. The van der Waals surface area contributed by atoms with Crippen molar-refractivity contribution in [1.82, 2.24) is 9.80 Å². The van der Waals surface area contributed by atoms with E-state index in [1.165, 1.54) is 0 Å². The Labute approximate surface area is 221 Å². The fourth-order valence-electron chi connectivity index (χ4n) is 5.49. The van der Waals surface area contributed by atoms with E-state index < -0.39 is 0 Å². The largest absolute Gasteiger partial charge is 0.508 e. The summed E-state index contributed by atoms with van der Waals surface area (Å²) in [4.78, 5) is 20.6. The average Bonchev–Trinajstić information content (AvgIpc) is 2.88. The van der Waals surface area contributed by atoms with Crippen molar-refractivity contribution in [3.8, 4) is 5.75 Å². The molecule has 194 valence electrons. The van der Waals surface area contributed by atoms with Crippen LogP contribution in [-0.4, -0.2) is 58.6 Å². The Hall–Kier alpha value is -3.41. The van der Waals surface area contributed by atoms with Crippen molar-refractivity contribution in [2.24, 2.45) is 0 Å². The van der Waals surface area contributed by atoms with E-state index in [0.29, 0.717) is 11.6 Å². The van der Waals surface area contributed by atoms with Crippen LogP contribution in [0, 0.1) is 0 Å². The lowest BCUT2D eigenvalue weighted by molar-refractivity contribution is 0.0306. The van der Waals surface area contributed by atoms with Crippen LogP contribution in [0.1, 0.15) is 55.2 Å². The van der Waals surface area contributed by atoms with Gasteiger partial charge in [-0.3, -0.25) is 14.6 Å². The molecule has 0 aromatic heterocycles. The Morgan fingerprint density at radius 1 is 0.973 bits per heavy atom. The summed E-state index contributed by atoms with van der Waals surface area (Å²) in [6.45, 7) is 15.2. The van der Waals surface area contributed by atoms with E-state index in [1.54, 1.807) is 6.07 Å². The average molecular weight is 498 g/mol. The Kier molecular flexibility index (Phi) is 8.47. The molecule has 0 saturated carbocycles. The van der Waals surface area contributed by atoms with Crippen molar-refractivity contribution in [1.29, 1.82) is 0 Å². The van der Waals surface area contributed by atoms with Crippen LogP contribution in [0.2, 0.25) is 0 Å². The molecular weight excluding hydrogens is 458 g/mol. The van der Waals surface area contributed by atoms with Crippen molar-refractivity contribution in [3.05, 3.63) is 108 Å². The number of nitrogens with zero attached hydrogens (tertiary/aromatic N) is 3. The molecule has 1 aliphatic rings. The number of hydrogen-bond acceptors (Lipinski definition) is 4. The van der Waals surface area contributed by atoms with Gasteiger partial charge in [-0.2, -0.15) is 0 Å². The van der Waals surface area contributed by atoms with Crippen molar-refractivity contribution < 1.29 is 9.90 Å². The van der Waals surface area contributed by atoms with Gasteiger partial charge in [0.25, 0.3) is 5.91 Å². The number of phenols is 1. The summed E-state index contributed by atoms with van der Waals surface area (Å²) in [6, 6.07) is 25.9. The van der Waals surface area contributed by atoms with Crippen LogP contribution in [0.25, 0.3) is 0 Å². The van der Waals surface area contributed by atoms with E-state index in [4.69, 9.17) is 0 Å². The van der Waals surface area contributed by atoms with Crippen LogP contribution >= 0.6 is 0 Å². The molecule has 3 aromatic rings. The maximum atomic E-state index is 13.8. The molecule has 5 heteroatoms. The minimum Gasteiger partial charge on any atom is -0.508 e. The van der Waals surface area contributed by atoms with E-state index in [1.807, 2.05) is 85.5 Å². The number of rotatable bonds is 8. The lowest BCUT2D eigenvalue weighted by Gasteiger charge is -2.47. The zero-order valence-electron chi connectivity index (χ0n) is 22.4. The molecule has 0 radical (unpaired) electrons. The Bertz CT molecular complexity index is 1210. The molecule has 3 atom stereocenters. The molecule has 4 rings (SSSR count). The Balaban J connectivity index is 1.74. The normalized spacial score (nSPS) is 19.5. The molecule has 3 aromatic carbocycles. The highest BCUT2D eigenvalue weighted by Gasteiger charge is 2.35. The van der Waals surface area contributed by atoms with Crippen LogP contribution in [0.5, 0.6) is 5.75 Å². The van der Waals surface area contributed by atoms with E-state index in [9.17, 15) is 9.90 Å². The first-order valence-corrected chi connectivity index (χ1v) is 13.2. The zero-order valence-corrected chi connectivity index (χ0v) is 22.4. The first-order valence-electron chi connectivity index (χ1n) is 13.2. The van der Waals surface area contributed by atoms with Crippen molar-refractivity contribution >= 4 is 11.6 Å². The number of hydrogen-bond donors (Lipinski definition) is 1. The summed E-state index contributed by atoms with van der Waals surface area (Å²) in [6.07, 6.45) is 1.97. The molecule has 1 saturated heterocycles. The highest BCUT2D eigenvalue weighted by atomic mass is 16.3. The molecule has 0 spiro atoms. The van der Waals surface area contributed by atoms with Gasteiger partial charge >= 0.3 is 0 Å². The smallest absolute Gasteiger partial charge is 0.258 e. The molecule has 1 aliphatic heterocycles. The first kappa shape index (κ1) is 26.6. The van der Waals surface area contributed by atoms with Gasteiger partial charge in [-0.1, -0.05) is 48.5 Å². The number of carbonyl (C=O) groups excluding carboxylic acids is 1. The summed E-state index contributed by atoms with van der Waals surface area (Å²) < 4.78 is 0. The van der Waals surface area contributed by atoms with Crippen molar-refractivity contribution in [3.63, 3.8) is 0 Å². The van der Waals surface area contributed by atoms with Crippen LogP contribution < -0.4 is 4.90 Å². The third-order valence-electron chi connectivity index (χ3n) is 7.26. The second-order valence-electron chi connectivity index (χ2n) is 10.4. The lowest BCUT2D eigenvalue weighted by Crippen LogP contribution is -2.57. The lowest BCUT2D eigenvalue weighted by atomic mass is 9.92. The quantitative estimate of drug-likeness (QED) is 0.381. The zero-order chi connectivity index (χ0) is 26.5. The topological polar surface area (TPSA) is 47.0 Å². The third-order valence-corrected chi connectivity index (χ3v) is 7.26. The van der Waals surface area contributed by atoms with Crippen molar-refractivity contribution in [2.45, 2.75) is 51.9 Å². The summed E-state index contributed by atoms with van der Waals surface area (Å²) >= 11 is 0. The number of anilines is 1. The van der Waals surface area contributed by atoms with Crippen LogP contribution in [0.15, 0.2) is 91.5 Å². The fraction of sp³-hybridized carbons (Fsp3) is 0.344. The van der Waals surface area contributed by atoms with Gasteiger partial charge in [-0.25, -0.2) is 0 Å². The summed E-state index contributed by atoms with van der Waals surface area (Å²) in [5.41, 5.74) is 3.61. The van der Waals surface area contributed by atoms with Gasteiger partial charge in [-0.15, -0.1) is 6.58 Å². The standard InChI is InChI=1S/C32H39N3O2/c1-6-18-33-21-25(5)34(22-24(33)4)31(27-13-11-17-30(36)20-27)26-12-10-14-28(19-26)32(37)35(23(2)3)29-15-8-7-9-16-29/h6-17,19-20,23-25,31,36H,1,18,21-22H2,2-5H3/t24-,25+,31-/m1/s1. The molecule has 1 fully saturated rings. The molecule has 37 heavy (non-hydrogen) atoms. The number of aromatic hydroxyl groups is 1. The van der Waals surface area contributed by atoms with E-state index >= 15 is 0 Å². The predicted octanol–water partition coefficient (Wildman–Crippen LogP) is 6.12. The number of piperazine rings is 1. The molecule has 1 N–H and O–H groups in total. The van der Waals surface area contributed by atoms with Gasteiger partial charge in [0, 0.05) is 49.0 Å². The van der Waals surface area contributed by atoms with Gasteiger partial charge in [-0.05, 0) is 75.2 Å². The van der Waals surface area contributed by atoms with Gasteiger partial charge in [0.15, 0.2) is 0 Å². The molecule has 5 nitrogen and oxygen atoms in total. The Morgan fingerprint density at radius 3 is 2.30 bits per heavy atom. The van der Waals surface area contributed by atoms with E-state index in [0.717, 1.165) is 36.4 Å². The number of amides is 1. The molecule has 1 heterocycles. The number of phenolic OH excluding ortho intramolecular Hbond substituents is 1. The van der Waals surface area contributed by atoms with Gasteiger partial charge in [0.1, 0.15) is 5.75 Å². The second-order valence-corrected chi connectivity index (χ2v) is 10.4. The van der Waals surface area contributed by atoms with Gasteiger partial charge in [0.05, 0.1) is 6.04 Å². The van der Waals surface area contributed by atoms with Crippen LogP contribution in [0.3, 0.4) is 0 Å². The van der Waals surface area contributed by atoms with Gasteiger partial charge < -0.3 is 10.0 Å². The fourth-order valence-corrected chi connectivity index (χ4v) is 5.49. The molecular formula is C32H39N3O2. The number of para-hydroxylation sites is 1. The molecule has 1 amide bonds. The summed E-state index contributed by atoms with van der Waals surface area (Å²) in [5.74, 6) is 0.228. The second kappa shape index (κ2) is 11.8. The molecule has 0 unspecified atom stereocenters. The van der Waals surface area contributed by atoms with E-state index in [2.05, 4.69) is 42.4 Å². The minimum atomic E-state index is -0.0904. The van der Waals surface area contributed by atoms with Crippen molar-refractivity contribution in [2.75, 3.05) is 24.5 Å². The first-order chi connectivity index (χ1) is 17.8. The van der Waals surface area contributed by atoms with Crippen LogP contribution in [0.4, 0.5) is 5.69 Å². The minimum absolute atomic E-state index is 0.0132.